The molecule has 1 unspecified atom stereocenters. The summed E-state index contributed by atoms with van der Waals surface area (Å²) >= 11 is 2.26. The fourth-order valence-electron chi connectivity index (χ4n) is 2.46. The molecule has 2 aromatic heterocycles. The molecule has 0 aliphatic carbocycles. The Morgan fingerprint density at radius 3 is 2.71 bits per heavy atom. The first-order chi connectivity index (χ1) is 13.7. The number of hydrogen-bond donors (Lipinski definition) is 3. The molecular formula is C21H29IN6. The van der Waals surface area contributed by atoms with Crippen LogP contribution in [0.3, 0.4) is 0 Å². The molecule has 6 nitrogen and oxygen atoms in total. The van der Waals surface area contributed by atoms with Crippen LogP contribution in [0.2, 0.25) is 0 Å². The molecule has 0 aromatic carbocycles. The number of allylic oxidation sites excluding steroid dienone is 1. The summed E-state index contributed by atoms with van der Waals surface area (Å²) in [4.78, 5) is 13.6. The van der Waals surface area contributed by atoms with E-state index in [0.717, 1.165) is 55.4 Å². The van der Waals surface area contributed by atoms with E-state index in [-0.39, 0.29) is 4.17 Å². The van der Waals surface area contributed by atoms with Gasteiger partial charge in [-0.05, 0) is 66.4 Å². The summed E-state index contributed by atoms with van der Waals surface area (Å²) in [5.41, 5.74) is 2.13. The van der Waals surface area contributed by atoms with Gasteiger partial charge in [-0.3, -0.25) is 10.3 Å². The van der Waals surface area contributed by atoms with E-state index in [1.54, 1.807) is 0 Å². The molecule has 2 aromatic rings. The highest BCUT2D eigenvalue weighted by Gasteiger charge is 2.02. The number of amidine groups is 1. The highest BCUT2D eigenvalue weighted by atomic mass is 127. The topological polar surface area (TPSA) is 74.2 Å². The van der Waals surface area contributed by atoms with Gasteiger partial charge in [-0.25, -0.2) is 9.98 Å². The number of alkyl halides is 1. The Bertz CT molecular complexity index is 748. The molecule has 0 radical (unpaired) electrons. The van der Waals surface area contributed by atoms with E-state index >= 15 is 0 Å². The van der Waals surface area contributed by atoms with Crippen LogP contribution in [0.4, 0.5) is 5.82 Å². The zero-order chi connectivity index (χ0) is 20.0. The van der Waals surface area contributed by atoms with Crippen molar-refractivity contribution in [2.45, 2.75) is 30.4 Å². The van der Waals surface area contributed by atoms with Crippen molar-refractivity contribution < 1.29 is 0 Å². The van der Waals surface area contributed by atoms with E-state index < -0.39 is 0 Å². The molecule has 3 N–H and O–H groups in total. The Morgan fingerprint density at radius 1 is 1.14 bits per heavy atom. The van der Waals surface area contributed by atoms with Crippen LogP contribution in [-0.4, -0.2) is 40.1 Å². The van der Waals surface area contributed by atoms with E-state index in [2.05, 4.69) is 67.6 Å². The maximum absolute atomic E-state index is 4.70. The molecule has 1 atom stereocenters. The minimum Gasteiger partial charge on any atom is -0.370 e. The number of aliphatic imine (C=N–C) groups is 1. The quantitative estimate of drug-likeness (QED) is 0.147. The van der Waals surface area contributed by atoms with E-state index in [4.69, 9.17) is 4.98 Å². The van der Waals surface area contributed by atoms with Crippen LogP contribution in [0.1, 0.15) is 24.7 Å². The molecular weight excluding hydrogens is 463 g/mol. The summed E-state index contributed by atoms with van der Waals surface area (Å²) < 4.78 is 0.0476. The Morgan fingerprint density at radius 2 is 1.96 bits per heavy atom. The normalized spacial score (nSPS) is 12.9. The van der Waals surface area contributed by atoms with Gasteiger partial charge in [0.25, 0.3) is 0 Å². The second kappa shape index (κ2) is 13.2. The van der Waals surface area contributed by atoms with Gasteiger partial charge in [0.1, 0.15) is 11.7 Å². The predicted molar refractivity (Wildman–Crippen MR) is 126 cm³/mol. The standard InChI is InChI=1S/C21H29IN6/c1-3-4-10-20(28-21(22)23-2)26-16-13-18-9-7-11-19(27-18)25-15-12-17-8-5-6-14-24-17/h4-11,14,21,23H,3,12-13,15-16H2,1-2H3,(H,25,27)(H,26,28)/b10-4-. The van der Waals surface area contributed by atoms with Gasteiger partial charge in [-0.1, -0.05) is 25.1 Å². The Labute approximate surface area is 181 Å². The second-order valence-electron chi connectivity index (χ2n) is 6.14. The molecule has 0 bridgehead atoms. The highest BCUT2D eigenvalue weighted by molar-refractivity contribution is 14.1. The molecule has 0 aliphatic heterocycles. The van der Waals surface area contributed by atoms with Crippen molar-refractivity contribution in [1.82, 2.24) is 20.6 Å². The van der Waals surface area contributed by atoms with Gasteiger partial charge in [0.15, 0.2) is 4.17 Å². The van der Waals surface area contributed by atoms with E-state index in [1.165, 1.54) is 0 Å². The van der Waals surface area contributed by atoms with Crippen molar-refractivity contribution in [2.24, 2.45) is 4.99 Å². The zero-order valence-electron chi connectivity index (χ0n) is 16.5. The van der Waals surface area contributed by atoms with Crippen molar-refractivity contribution in [1.29, 1.82) is 0 Å². The van der Waals surface area contributed by atoms with Crippen LogP contribution < -0.4 is 16.0 Å². The van der Waals surface area contributed by atoms with Crippen molar-refractivity contribution in [2.75, 3.05) is 25.5 Å². The molecule has 0 saturated heterocycles. The summed E-state index contributed by atoms with van der Waals surface area (Å²) in [5, 5.41) is 9.90. The molecule has 7 heteroatoms. The monoisotopic (exact) mass is 492 g/mol. The van der Waals surface area contributed by atoms with Crippen molar-refractivity contribution >= 4 is 34.2 Å². The van der Waals surface area contributed by atoms with Crippen molar-refractivity contribution in [3.05, 3.63) is 66.1 Å². The zero-order valence-corrected chi connectivity index (χ0v) is 18.7. The van der Waals surface area contributed by atoms with Gasteiger partial charge < -0.3 is 10.6 Å². The summed E-state index contributed by atoms with van der Waals surface area (Å²) in [7, 11) is 1.90. The third-order valence-corrected chi connectivity index (χ3v) is 4.81. The van der Waals surface area contributed by atoms with Crippen molar-refractivity contribution in [3.8, 4) is 0 Å². The SMILES string of the molecule is CC/C=C\C(=N/C(I)NC)NCCc1cccc(NCCc2ccccn2)n1. The fraction of sp³-hybridized carbons (Fsp3) is 0.381. The highest BCUT2D eigenvalue weighted by Crippen LogP contribution is 2.06. The number of anilines is 1. The van der Waals surface area contributed by atoms with Crippen LogP contribution in [0.5, 0.6) is 0 Å². The van der Waals surface area contributed by atoms with Gasteiger partial charge in [-0.2, -0.15) is 0 Å². The maximum atomic E-state index is 4.70. The van der Waals surface area contributed by atoms with E-state index in [0.29, 0.717) is 0 Å². The van der Waals surface area contributed by atoms with Gasteiger partial charge >= 0.3 is 0 Å². The lowest BCUT2D eigenvalue weighted by Crippen LogP contribution is -2.27. The first kappa shape index (κ1) is 22.3. The molecule has 2 heterocycles. The number of hydrogen-bond acceptors (Lipinski definition) is 5. The van der Waals surface area contributed by atoms with E-state index in [1.807, 2.05) is 49.7 Å². The number of halogens is 1. The van der Waals surface area contributed by atoms with E-state index in [9.17, 15) is 0 Å². The summed E-state index contributed by atoms with van der Waals surface area (Å²) in [6, 6.07) is 12.1. The lowest BCUT2D eigenvalue weighted by atomic mass is 10.2. The summed E-state index contributed by atoms with van der Waals surface area (Å²) in [5.74, 6) is 1.79. The molecule has 0 saturated carbocycles. The second-order valence-corrected chi connectivity index (χ2v) is 7.32. The number of nitrogens with zero attached hydrogens (tertiary/aromatic N) is 3. The summed E-state index contributed by atoms with van der Waals surface area (Å²) in [6.07, 6.45) is 8.66. The molecule has 28 heavy (non-hydrogen) atoms. The van der Waals surface area contributed by atoms with Gasteiger partial charge in [0.05, 0.1) is 0 Å². The number of aromatic nitrogens is 2. The van der Waals surface area contributed by atoms with Gasteiger partial charge in [-0.15, -0.1) is 0 Å². The minimum absolute atomic E-state index is 0.0476. The van der Waals surface area contributed by atoms with Gasteiger partial charge in [0, 0.05) is 43.5 Å². The average molecular weight is 492 g/mol. The third kappa shape index (κ3) is 8.79. The molecule has 2 rings (SSSR count). The van der Waals surface area contributed by atoms with Crippen LogP contribution >= 0.6 is 22.6 Å². The van der Waals surface area contributed by atoms with Crippen LogP contribution in [0.15, 0.2) is 59.7 Å². The fourth-order valence-corrected chi connectivity index (χ4v) is 2.76. The summed E-state index contributed by atoms with van der Waals surface area (Å²) in [6.45, 7) is 3.71. The largest absolute Gasteiger partial charge is 0.370 e. The Hall–Kier alpha value is -2.00. The Balaban J connectivity index is 1.82. The Kier molecular flexibility index (Phi) is 10.5. The first-order valence-electron chi connectivity index (χ1n) is 9.60. The van der Waals surface area contributed by atoms with Crippen LogP contribution in [0, 0.1) is 0 Å². The van der Waals surface area contributed by atoms with Crippen LogP contribution in [-0.2, 0) is 12.8 Å². The molecule has 0 amide bonds. The lowest BCUT2D eigenvalue weighted by molar-refractivity contribution is 0.785. The predicted octanol–water partition coefficient (Wildman–Crippen LogP) is 3.57. The number of pyridine rings is 2. The third-order valence-electron chi connectivity index (χ3n) is 3.91. The molecule has 0 fully saturated rings. The lowest BCUT2D eigenvalue weighted by Gasteiger charge is -2.10. The van der Waals surface area contributed by atoms with Crippen molar-refractivity contribution in [3.63, 3.8) is 0 Å². The maximum Gasteiger partial charge on any atom is 0.153 e. The molecule has 0 aliphatic rings. The van der Waals surface area contributed by atoms with Crippen LogP contribution in [0.25, 0.3) is 0 Å². The minimum atomic E-state index is 0.0476. The van der Waals surface area contributed by atoms with Gasteiger partial charge in [0.2, 0.25) is 0 Å². The molecule has 150 valence electrons. The smallest absolute Gasteiger partial charge is 0.153 e. The number of rotatable bonds is 11. The molecule has 0 spiro atoms. The first-order valence-corrected chi connectivity index (χ1v) is 10.8. The number of nitrogens with one attached hydrogen (secondary N) is 3. The average Bonchev–Trinajstić information content (AvgIpc) is 2.73.